The van der Waals surface area contributed by atoms with Gasteiger partial charge in [0, 0.05) is 31.3 Å². The highest BCUT2D eigenvalue weighted by Crippen LogP contribution is 2.31. The van der Waals surface area contributed by atoms with Gasteiger partial charge in [0.15, 0.2) is 5.82 Å². The van der Waals surface area contributed by atoms with Crippen molar-refractivity contribution in [2.45, 2.75) is 32.2 Å². The summed E-state index contributed by atoms with van der Waals surface area (Å²) in [6.07, 6.45) is 12.8. The number of carbonyl (C=O) groups excluding carboxylic acids is 1. The smallest absolute Gasteiger partial charge is 0.227 e. The molecule has 26 heavy (non-hydrogen) atoms. The Bertz CT molecular complexity index is 907. The number of amides is 1. The average Bonchev–Trinajstić information content (AvgIpc) is 3.32. The number of hydrogen-bond donors (Lipinski definition) is 0. The second kappa shape index (κ2) is 7.03. The van der Waals surface area contributed by atoms with Gasteiger partial charge in [-0.05, 0) is 37.5 Å². The molecule has 7 heteroatoms. The predicted molar refractivity (Wildman–Crippen MR) is 95.5 cm³/mol. The molecule has 0 N–H and O–H groups in total. The summed E-state index contributed by atoms with van der Waals surface area (Å²) in [6, 6.07) is 3.73. The van der Waals surface area contributed by atoms with E-state index in [1.807, 2.05) is 34.7 Å². The van der Waals surface area contributed by atoms with Gasteiger partial charge in [-0.2, -0.15) is 0 Å². The second-order valence-electron chi connectivity index (χ2n) is 6.42. The lowest BCUT2D eigenvalue weighted by Crippen LogP contribution is -2.32. The normalized spacial score (nSPS) is 16.8. The van der Waals surface area contributed by atoms with Crippen molar-refractivity contribution < 1.29 is 4.79 Å². The van der Waals surface area contributed by atoms with Gasteiger partial charge in [-0.15, -0.1) is 0 Å². The number of likely N-dealkylation sites (tertiary alicyclic amines) is 1. The number of hydrogen-bond acceptors (Lipinski definition) is 5. The number of pyridine rings is 1. The lowest BCUT2D eigenvalue weighted by atomic mass is 10.1. The molecule has 1 aliphatic heterocycles. The second-order valence-corrected chi connectivity index (χ2v) is 6.42. The molecular formula is C19H20N6O. The topological polar surface area (TPSA) is 76.8 Å². The summed E-state index contributed by atoms with van der Waals surface area (Å²) in [5.74, 6) is 1.70. The zero-order valence-electron chi connectivity index (χ0n) is 14.6. The van der Waals surface area contributed by atoms with Crippen molar-refractivity contribution in [2.75, 3.05) is 6.54 Å². The van der Waals surface area contributed by atoms with Crippen LogP contribution in [0.3, 0.4) is 0 Å². The maximum atomic E-state index is 12.8. The SMILES string of the molecule is Cc1nccn1-c1cncc([C@@H]2CCCN2C(=O)Cc2ccncc2)n1. The summed E-state index contributed by atoms with van der Waals surface area (Å²) in [5.41, 5.74) is 1.81. The summed E-state index contributed by atoms with van der Waals surface area (Å²) in [5, 5.41) is 0. The summed E-state index contributed by atoms with van der Waals surface area (Å²) in [6.45, 7) is 2.68. The molecule has 3 aromatic rings. The van der Waals surface area contributed by atoms with E-state index in [2.05, 4.69) is 15.0 Å². The highest BCUT2D eigenvalue weighted by atomic mass is 16.2. The molecule has 4 heterocycles. The van der Waals surface area contributed by atoms with Crippen LogP contribution in [0, 0.1) is 6.92 Å². The number of rotatable bonds is 4. The molecule has 3 aromatic heterocycles. The van der Waals surface area contributed by atoms with Gasteiger partial charge in [0.05, 0.1) is 30.6 Å². The lowest BCUT2D eigenvalue weighted by molar-refractivity contribution is -0.131. The van der Waals surface area contributed by atoms with E-state index in [4.69, 9.17) is 4.98 Å². The number of carbonyl (C=O) groups is 1. The molecule has 7 nitrogen and oxygen atoms in total. The van der Waals surface area contributed by atoms with E-state index in [1.165, 1.54) is 0 Å². The Morgan fingerprint density at radius 3 is 2.81 bits per heavy atom. The zero-order chi connectivity index (χ0) is 17.9. The van der Waals surface area contributed by atoms with Gasteiger partial charge in [0.1, 0.15) is 5.82 Å². The quantitative estimate of drug-likeness (QED) is 0.723. The van der Waals surface area contributed by atoms with Gasteiger partial charge in [-0.1, -0.05) is 0 Å². The molecule has 1 atom stereocenters. The van der Waals surface area contributed by atoms with Crippen LogP contribution >= 0.6 is 0 Å². The zero-order valence-corrected chi connectivity index (χ0v) is 14.6. The Balaban J connectivity index is 1.57. The van der Waals surface area contributed by atoms with Crippen LogP contribution in [0.25, 0.3) is 5.82 Å². The van der Waals surface area contributed by atoms with Crippen LogP contribution in [0.1, 0.15) is 36.0 Å². The summed E-state index contributed by atoms with van der Waals surface area (Å²) in [7, 11) is 0. The van der Waals surface area contributed by atoms with Crippen LogP contribution in [-0.4, -0.2) is 41.9 Å². The van der Waals surface area contributed by atoms with Crippen molar-refractivity contribution in [2.24, 2.45) is 0 Å². The first-order valence-electron chi connectivity index (χ1n) is 8.73. The highest BCUT2D eigenvalue weighted by Gasteiger charge is 2.31. The maximum absolute atomic E-state index is 12.8. The van der Waals surface area contributed by atoms with E-state index < -0.39 is 0 Å². The summed E-state index contributed by atoms with van der Waals surface area (Å²) < 4.78 is 1.90. The molecule has 0 spiro atoms. The van der Waals surface area contributed by atoms with Crippen LogP contribution < -0.4 is 0 Å². The Labute approximate surface area is 151 Å². The largest absolute Gasteiger partial charge is 0.334 e. The molecule has 0 radical (unpaired) electrons. The van der Waals surface area contributed by atoms with Crippen molar-refractivity contribution in [1.29, 1.82) is 0 Å². The van der Waals surface area contributed by atoms with Gasteiger partial charge in [0.25, 0.3) is 0 Å². The number of imidazole rings is 1. The molecule has 0 unspecified atom stereocenters. The highest BCUT2D eigenvalue weighted by molar-refractivity contribution is 5.79. The van der Waals surface area contributed by atoms with Crippen LogP contribution in [-0.2, 0) is 11.2 Å². The molecule has 4 rings (SSSR count). The van der Waals surface area contributed by atoms with Gasteiger partial charge in [-0.25, -0.2) is 9.97 Å². The van der Waals surface area contributed by atoms with Crippen LogP contribution in [0.2, 0.25) is 0 Å². The van der Waals surface area contributed by atoms with E-state index in [0.717, 1.165) is 42.3 Å². The van der Waals surface area contributed by atoms with Gasteiger partial charge in [-0.3, -0.25) is 19.3 Å². The third-order valence-corrected chi connectivity index (χ3v) is 4.73. The lowest BCUT2D eigenvalue weighted by Gasteiger charge is -2.24. The molecule has 1 saturated heterocycles. The molecule has 0 aromatic carbocycles. The average molecular weight is 348 g/mol. The molecule has 1 amide bonds. The first-order chi connectivity index (χ1) is 12.7. The number of aromatic nitrogens is 5. The molecule has 0 bridgehead atoms. The van der Waals surface area contributed by atoms with Crippen molar-refractivity contribution in [3.63, 3.8) is 0 Å². The van der Waals surface area contributed by atoms with Gasteiger partial charge >= 0.3 is 0 Å². The van der Waals surface area contributed by atoms with Crippen molar-refractivity contribution in [3.8, 4) is 5.82 Å². The molecule has 0 aliphatic carbocycles. The minimum atomic E-state index is -0.0272. The number of aryl methyl sites for hydroxylation is 1. The van der Waals surface area contributed by atoms with Gasteiger partial charge in [0.2, 0.25) is 5.91 Å². The standard InChI is InChI=1S/C19H20N6O/c1-14-22-8-10-24(14)18-13-21-12-16(23-18)17-3-2-9-25(17)19(26)11-15-4-6-20-7-5-15/h4-8,10,12-13,17H,2-3,9,11H2,1H3/t17-/m0/s1. The van der Waals surface area contributed by atoms with Crippen LogP contribution in [0.4, 0.5) is 0 Å². The Hall–Kier alpha value is -3.09. The summed E-state index contributed by atoms with van der Waals surface area (Å²) in [4.78, 5) is 32.1. The monoisotopic (exact) mass is 348 g/mol. The summed E-state index contributed by atoms with van der Waals surface area (Å²) >= 11 is 0. The van der Waals surface area contributed by atoms with Crippen molar-refractivity contribution >= 4 is 5.91 Å². The fourth-order valence-corrected chi connectivity index (χ4v) is 3.42. The molecule has 0 saturated carbocycles. The van der Waals surface area contributed by atoms with E-state index in [1.54, 1.807) is 31.0 Å². The van der Waals surface area contributed by atoms with E-state index in [-0.39, 0.29) is 11.9 Å². The van der Waals surface area contributed by atoms with Crippen LogP contribution in [0.15, 0.2) is 49.3 Å². The predicted octanol–water partition coefficient (Wildman–Crippen LogP) is 2.27. The third-order valence-electron chi connectivity index (χ3n) is 4.73. The minimum absolute atomic E-state index is 0.0272. The number of nitrogens with zero attached hydrogens (tertiary/aromatic N) is 6. The minimum Gasteiger partial charge on any atom is -0.334 e. The molecule has 132 valence electrons. The molecule has 1 fully saturated rings. The Morgan fingerprint density at radius 2 is 2.04 bits per heavy atom. The van der Waals surface area contributed by atoms with Crippen LogP contribution in [0.5, 0.6) is 0 Å². The van der Waals surface area contributed by atoms with E-state index in [9.17, 15) is 4.79 Å². The van der Waals surface area contributed by atoms with Crippen molar-refractivity contribution in [1.82, 2.24) is 29.4 Å². The van der Waals surface area contributed by atoms with Gasteiger partial charge < -0.3 is 4.90 Å². The Morgan fingerprint density at radius 1 is 1.19 bits per heavy atom. The Kier molecular flexibility index (Phi) is 4.43. The third kappa shape index (κ3) is 3.20. The van der Waals surface area contributed by atoms with E-state index >= 15 is 0 Å². The fraction of sp³-hybridized carbons (Fsp3) is 0.316. The van der Waals surface area contributed by atoms with Crippen molar-refractivity contribution in [3.05, 3.63) is 66.4 Å². The fourth-order valence-electron chi connectivity index (χ4n) is 3.42. The molecule has 1 aliphatic rings. The maximum Gasteiger partial charge on any atom is 0.227 e. The first-order valence-corrected chi connectivity index (χ1v) is 8.73. The molecular weight excluding hydrogens is 328 g/mol. The first kappa shape index (κ1) is 16.4. The van der Waals surface area contributed by atoms with E-state index in [0.29, 0.717) is 6.42 Å².